The van der Waals surface area contributed by atoms with Crippen LogP contribution in [0.25, 0.3) is 11.0 Å². The molecule has 23 heavy (non-hydrogen) atoms. The smallest absolute Gasteiger partial charge is 0.251 e. The Labute approximate surface area is 131 Å². The van der Waals surface area contributed by atoms with Crippen molar-refractivity contribution in [2.45, 2.75) is 6.10 Å². The van der Waals surface area contributed by atoms with E-state index in [1.54, 1.807) is 18.2 Å². The van der Waals surface area contributed by atoms with E-state index in [2.05, 4.69) is 20.7 Å². The number of carbonyl (C=O) groups excluding carboxylic acids is 1. The van der Waals surface area contributed by atoms with Crippen LogP contribution in [0.1, 0.15) is 10.4 Å². The van der Waals surface area contributed by atoms with Crippen LogP contribution in [0.4, 0.5) is 0 Å². The number of nitrogens with zero attached hydrogens (tertiary/aromatic N) is 2. The number of hydrogen-bond acceptors (Lipinski definition) is 5. The van der Waals surface area contributed by atoms with Gasteiger partial charge in [-0.3, -0.25) is 4.79 Å². The van der Waals surface area contributed by atoms with Crippen molar-refractivity contribution in [2.75, 3.05) is 13.2 Å². The molecule has 3 aromatic rings. The zero-order valence-electron chi connectivity index (χ0n) is 12.2. The van der Waals surface area contributed by atoms with E-state index in [9.17, 15) is 4.79 Å². The normalized spacial score (nSPS) is 16.3. The van der Waals surface area contributed by atoms with E-state index in [1.807, 2.05) is 24.3 Å². The van der Waals surface area contributed by atoms with Crippen molar-refractivity contribution in [3.05, 3.63) is 48.0 Å². The molecule has 2 heterocycles. The molecule has 1 amide bonds. The van der Waals surface area contributed by atoms with Gasteiger partial charge in [-0.15, -0.1) is 0 Å². The third kappa shape index (κ3) is 2.68. The van der Waals surface area contributed by atoms with Crippen LogP contribution in [0.5, 0.6) is 11.5 Å². The minimum absolute atomic E-state index is 0.183. The summed E-state index contributed by atoms with van der Waals surface area (Å²) in [5.41, 5.74) is 1.91. The molecule has 0 saturated carbocycles. The molecule has 2 N–H and O–H groups in total. The van der Waals surface area contributed by atoms with E-state index in [1.165, 1.54) is 0 Å². The molecular formula is C16H14N4O3. The van der Waals surface area contributed by atoms with Crippen molar-refractivity contribution in [3.8, 4) is 11.5 Å². The van der Waals surface area contributed by atoms with E-state index < -0.39 is 0 Å². The molecule has 7 nitrogen and oxygen atoms in total. The molecule has 0 radical (unpaired) electrons. The van der Waals surface area contributed by atoms with Crippen molar-refractivity contribution in [2.24, 2.45) is 0 Å². The van der Waals surface area contributed by atoms with Gasteiger partial charge < -0.3 is 14.8 Å². The lowest BCUT2D eigenvalue weighted by Crippen LogP contribution is -2.40. The molecule has 0 bridgehead atoms. The molecule has 2 aromatic carbocycles. The molecule has 1 unspecified atom stereocenters. The minimum atomic E-state index is -0.218. The number of aromatic nitrogens is 3. The van der Waals surface area contributed by atoms with Crippen molar-refractivity contribution >= 4 is 16.9 Å². The van der Waals surface area contributed by atoms with Gasteiger partial charge in [0, 0.05) is 5.56 Å². The quantitative estimate of drug-likeness (QED) is 0.766. The van der Waals surface area contributed by atoms with Gasteiger partial charge in [0.1, 0.15) is 23.7 Å². The van der Waals surface area contributed by atoms with E-state index in [4.69, 9.17) is 9.47 Å². The summed E-state index contributed by atoms with van der Waals surface area (Å²) >= 11 is 0. The molecule has 1 aliphatic rings. The van der Waals surface area contributed by atoms with E-state index in [0.717, 1.165) is 11.3 Å². The minimum Gasteiger partial charge on any atom is -0.486 e. The first-order valence-electron chi connectivity index (χ1n) is 7.27. The Balaban J connectivity index is 1.40. The van der Waals surface area contributed by atoms with E-state index in [-0.39, 0.29) is 12.0 Å². The van der Waals surface area contributed by atoms with Gasteiger partial charge in [0.05, 0.1) is 6.54 Å². The predicted octanol–water partition coefficient (Wildman–Crippen LogP) is 1.53. The number of ether oxygens (including phenoxy) is 2. The third-order valence-electron chi connectivity index (χ3n) is 3.64. The largest absolute Gasteiger partial charge is 0.486 e. The maximum atomic E-state index is 12.2. The second-order valence-corrected chi connectivity index (χ2v) is 5.23. The van der Waals surface area contributed by atoms with Gasteiger partial charge in [-0.05, 0) is 30.3 Å². The number of rotatable bonds is 3. The average molecular weight is 310 g/mol. The number of para-hydroxylation sites is 2. The number of amides is 1. The highest BCUT2D eigenvalue weighted by Gasteiger charge is 2.21. The number of nitrogens with one attached hydrogen (secondary N) is 2. The van der Waals surface area contributed by atoms with Gasteiger partial charge >= 0.3 is 0 Å². The molecule has 116 valence electrons. The number of benzene rings is 2. The maximum Gasteiger partial charge on any atom is 0.251 e. The molecule has 1 aromatic heterocycles. The first-order chi connectivity index (χ1) is 11.3. The number of hydrogen-bond donors (Lipinski definition) is 2. The summed E-state index contributed by atoms with van der Waals surface area (Å²) in [6.07, 6.45) is -0.218. The third-order valence-corrected chi connectivity index (χ3v) is 3.64. The van der Waals surface area contributed by atoms with Crippen LogP contribution in [-0.4, -0.2) is 40.6 Å². The number of H-pyrrole nitrogens is 1. The number of carbonyl (C=O) groups is 1. The molecule has 0 fully saturated rings. The van der Waals surface area contributed by atoms with E-state index in [0.29, 0.717) is 30.0 Å². The van der Waals surface area contributed by atoms with Gasteiger partial charge in [-0.25, -0.2) is 0 Å². The standard InChI is InChI=1S/C16H14N4O3/c21-16(10-5-6-12-13(7-10)19-20-18-12)17-8-11-9-22-14-3-1-2-4-15(14)23-11/h1-7,11H,8-9H2,(H,17,21)(H,18,19,20). The summed E-state index contributed by atoms with van der Waals surface area (Å²) in [5.74, 6) is 1.24. The molecule has 1 aliphatic heterocycles. The number of aromatic amines is 1. The zero-order chi connectivity index (χ0) is 15.6. The van der Waals surface area contributed by atoms with Crippen LogP contribution in [0.15, 0.2) is 42.5 Å². The molecule has 0 saturated heterocycles. The molecule has 0 spiro atoms. The fourth-order valence-electron chi connectivity index (χ4n) is 2.45. The lowest BCUT2D eigenvalue weighted by atomic mass is 10.2. The van der Waals surface area contributed by atoms with Crippen LogP contribution < -0.4 is 14.8 Å². The van der Waals surface area contributed by atoms with Crippen LogP contribution in [0.3, 0.4) is 0 Å². The lowest BCUT2D eigenvalue weighted by molar-refractivity contribution is 0.0789. The summed E-state index contributed by atoms with van der Waals surface area (Å²) in [5, 5.41) is 13.3. The van der Waals surface area contributed by atoms with Crippen LogP contribution in [0.2, 0.25) is 0 Å². The van der Waals surface area contributed by atoms with Crippen LogP contribution in [0, 0.1) is 0 Å². The predicted molar refractivity (Wildman–Crippen MR) is 82.6 cm³/mol. The first kappa shape index (κ1) is 13.6. The molecule has 0 aliphatic carbocycles. The van der Waals surface area contributed by atoms with Crippen molar-refractivity contribution in [1.29, 1.82) is 0 Å². The Bertz CT molecular complexity index is 861. The SMILES string of the molecule is O=C(NCC1COc2ccccc2O1)c1ccc2n[nH]nc2c1. The molecule has 1 atom stereocenters. The van der Waals surface area contributed by atoms with Crippen LogP contribution in [-0.2, 0) is 0 Å². The molecule has 7 heteroatoms. The van der Waals surface area contributed by atoms with Crippen molar-refractivity contribution in [3.63, 3.8) is 0 Å². The van der Waals surface area contributed by atoms with E-state index >= 15 is 0 Å². The van der Waals surface area contributed by atoms with Gasteiger partial charge in [0.2, 0.25) is 0 Å². The average Bonchev–Trinajstić information content (AvgIpc) is 3.07. The van der Waals surface area contributed by atoms with Gasteiger partial charge in [-0.2, -0.15) is 15.4 Å². The highest BCUT2D eigenvalue weighted by atomic mass is 16.6. The Morgan fingerprint density at radius 3 is 2.91 bits per heavy atom. The Morgan fingerprint density at radius 1 is 1.17 bits per heavy atom. The monoisotopic (exact) mass is 310 g/mol. The summed E-state index contributed by atoms with van der Waals surface area (Å²) in [4.78, 5) is 12.2. The highest BCUT2D eigenvalue weighted by Crippen LogP contribution is 2.30. The first-order valence-corrected chi connectivity index (χ1v) is 7.27. The fourth-order valence-corrected chi connectivity index (χ4v) is 2.45. The fraction of sp³-hybridized carbons (Fsp3) is 0.188. The summed E-state index contributed by atoms with van der Waals surface area (Å²) in [6, 6.07) is 12.7. The van der Waals surface area contributed by atoms with Gasteiger partial charge in [0.15, 0.2) is 11.5 Å². The Kier molecular flexibility index (Phi) is 3.30. The van der Waals surface area contributed by atoms with Gasteiger partial charge in [0.25, 0.3) is 5.91 Å². The topological polar surface area (TPSA) is 89.1 Å². The maximum absolute atomic E-state index is 12.2. The molecular weight excluding hydrogens is 296 g/mol. The Hall–Kier alpha value is -3.09. The number of fused-ring (bicyclic) bond motifs is 2. The van der Waals surface area contributed by atoms with Crippen molar-refractivity contribution in [1.82, 2.24) is 20.7 Å². The second kappa shape index (κ2) is 5.60. The van der Waals surface area contributed by atoms with Gasteiger partial charge in [-0.1, -0.05) is 12.1 Å². The summed E-state index contributed by atoms with van der Waals surface area (Å²) in [6.45, 7) is 0.767. The highest BCUT2D eigenvalue weighted by molar-refractivity contribution is 5.97. The second-order valence-electron chi connectivity index (χ2n) is 5.23. The lowest BCUT2D eigenvalue weighted by Gasteiger charge is -2.26. The zero-order valence-corrected chi connectivity index (χ0v) is 12.2. The molecule has 4 rings (SSSR count). The summed E-state index contributed by atoms with van der Waals surface area (Å²) in [7, 11) is 0. The Morgan fingerprint density at radius 2 is 2.00 bits per heavy atom. The summed E-state index contributed by atoms with van der Waals surface area (Å²) < 4.78 is 11.4. The van der Waals surface area contributed by atoms with Crippen molar-refractivity contribution < 1.29 is 14.3 Å². The van der Waals surface area contributed by atoms with Crippen LogP contribution >= 0.6 is 0 Å².